The second-order valence-corrected chi connectivity index (χ2v) is 6.46. The minimum atomic E-state index is -0.169. The van der Waals surface area contributed by atoms with Crippen LogP contribution in [-0.4, -0.2) is 29.9 Å². The molecular weight excluding hydrogens is 318 g/mol. The summed E-state index contributed by atoms with van der Waals surface area (Å²) in [5.41, 5.74) is 1.46. The Hall–Kier alpha value is -2.76. The maximum atomic E-state index is 12.2. The normalized spacial score (nSPS) is 16.7. The molecule has 1 fully saturated rings. The van der Waals surface area contributed by atoms with E-state index in [-0.39, 0.29) is 11.9 Å². The van der Waals surface area contributed by atoms with Gasteiger partial charge in [0.05, 0.1) is 12.8 Å². The molecule has 0 radical (unpaired) electrons. The van der Waals surface area contributed by atoms with Crippen molar-refractivity contribution in [2.24, 2.45) is 5.92 Å². The fourth-order valence-electron chi connectivity index (χ4n) is 2.91. The molecule has 6 nitrogen and oxygen atoms in total. The van der Waals surface area contributed by atoms with Gasteiger partial charge >= 0.3 is 6.03 Å². The SMILES string of the molecule is C[C@H]1CCN(C(=O)NCc2cccc(C(=O)NCc3ccco3)c2)C1. The van der Waals surface area contributed by atoms with Crippen LogP contribution in [0.2, 0.25) is 0 Å². The van der Waals surface area contributed by atoms with Crippen LogP contribution in [0.1, 0.15) is 35.0 Å². The lowest BCUT2D eigenvalue weighted by Gasteiger charge is -2.17. The van der Waals surface area contributed by atoms with Crippen LogP contribution < -0.4 is 10.6 Å². The lowest BCUT2D eigenvalue weighted by Crippen LogP contribution is -2.38. The minimum absolute atomic E-state index is 0.0444. The summed E-state index contributed by atoms with van der Waals surface area (Å²) >= 11 is 0. The maximum absolute atomic E-state index is 12.2. The zero-order valence-corrected chi connectivity index (χ0v) is 14.3. The molecule has 3 amide bonds. The monoisotopic (exact) mass is 341 g/mol. The van der Waals surface area contributed by atoms with E-state index in [0.29, 0.717) is 30.3 Å². The van der Waals surface area contributed by atoms with Crippen LogP contribution in [-0.2, 0) is 13.1 Å². The Kier molecular flexibility index (Phi) is 5.38. The lowest BCUT2D eigenvalue weighted by molar-refractivity contribution is 0.0948. The van der Waals surface area contributed by atoms with Gasteiger partial charge in [-0.3, -0.25) is 4.79 Å². The molecule has 1 aliphatic heterocycles. The predicted octanol–water partition coefficient (Wildman–Crippen LogP) is 2.76. The van der Waals surface area contributed by atoms with Crippen molar-refractivity contribution in [1.82, 2.24) is 15.5 Å². The molecule has 2 aromatic rings. The molecule has 1 aliphatic rings. The first-order valence-corrected chi connectivity index (χ1v) is 8.54. The van der Waals surface area contributed by atoms with Gasteiger partial charge in [-0.15, -0.1) is 0 Å². The molecule has 1 saturated heterocycles. The van der Waals surface area contributed by atoms with Crippen molar-refractivity contribution in [2.75, 3.05) is 13.1 Å². The van der Waals surface area contributed by atoms with Gasteiger partial charge in [-0.2, -0.15) is 0 Å². The van der Waals surface area contributed by atoms with E-state index >= 15 is 0 Å². The topological polar surface area (TPSA) is 74.6 Å². The Morgan fingerprint density at radius 1 is 1.20 bits per heavy atom. The lowest BCUT2D eigenvalue weighted by atomic mass is 10.1. The van der Waals surface area contributed by atoms with Crippen LogP contribution >= 0.6 is 0 Å². The number of furan rings is 1. The number of rotatable bonds is 5. The van der Waals surface area contributed by atoms with Crippen molar-refractivity contribution in [3.8, 4) is 0 Å². The third kappa shape index (κ3) is 4.62. The fraction of sp³-hybridized carbons (Fsp3) is 0.368. The molecule has 0 saturated carbocycles. The molecule has 2 N–H and O–H groups in total. The molecule has 0 aliphatic carbocycles. The summed E-state index contributed by atoms with van der Waals surface area (Å²) in [5.74, 6) is 1.10. The van der Waals surface area contributed by atoms with Gasteiger partial charge in [-0.05, 0) is 42.2 Å². The van der Waals surface area contributed by atoms with Crippen LogP contribution in [0.3, 0.4) is 0 Å². The van der Waals surface area contributed by atoms with E-state index in [0.717, 1.165) is 25.1 Å². The molecule has 0 unspecified atom stereocenters. The number of nitrogens with one attached hydrogen (secondary N) is 2. The van der Waals surface area contributed by atoms with Crippen LogP contribution in [0.25, 0.3) is 0 Å². The molecule has 1 atom stereocenters. The summed E-state index contributed by atoms with van der Waals surface area (Å²) in [6, 6.07) is 10.8. The predicted molar refractivity (Wildman–Crippen MR) is 93.9 cm³/mol. The van der Waals surface area contributed by atoms with Gasteiger partial charge in [0, 0.05) is 25.2 Å². The first kappa shape index (κ1) is 17.1. The standard InChI is InChI=1S/C19H23N3O3/c1-14-7-8-22(13-14)19(24)21-11-15-4-2-5-16(10-15)18(23)20-12-17-6-3-9-25-17/h2-6,9-10,14H,7-8,11-13H2,1H3,(H,20,23)(H,21,24)/t14-/m0/s1. The number of benzene rings is 1. The van der Waals surface area contributed by atoms with E-state index in [1.807, 2.05) is 23.1 Å². The number of hydrogen-bond donors (Lipinski definition) is 2. The number of hydrogen-bond acceptors (Lipinski definition) is 3. The van der Waals surface area contributed by atoms with Gasteiger partial charge in [0.15, 0.2) is 0 Å². The first-order chi connectivity index (χ1) is 12.1. The summed E-state index contributed by atoms with van der Waals surface area (Å²) in [6.45, 7) is 4.52. The van der Waals surface area contributed by atoms with Gasteiger partial charge in [-0.25, -0.2) is 4.79 Å². The van der Waals surface area contributed by atoms with Gasteiger partial charge in [0.2, 0.25) is 0 Å². The number of carbonyl (C=O) groups excluding carboxylic acids is 2. The molecule has 0 spiro atoms. The van der Waals surface area contributed by atoms with E-state index < -0.39 is 0 Å². The van der Waals surface area contributed by atoms with Crippen molar-refractivity contribution >= 4 is 11.9 Å². The molecule has 25 heavy (non-hydrogen) atoms. The average molecular weight is 341 g/mol. The Morgan fingerprint density at radius 3 is 2.80 bits per heavy atom. The molecule has 132 valence electrons. The number of nitrogens with zero attached hydrogens (tertiary/aromatic N) is 1. The van der Waals surface area contributed by atoms with E-state index in [4.69, 9.17) is 4.42 Å². The smallest absolute Gasteiger partial charge is 0.317 e. The quantitative estimate of drug-likeness (QED) is 0.878. The van der Waals surface area contributed by atoms with E-state index in [1.54, 1.807) is 24.5 Å². The highest BCUT2D eigenvalue weighted by Gasteiger charge is 2.22. The Labute approximate surface area is 147 Å². The van der Waals surface area contributed by atoms with Crippen LogP contribution in [0.15, 0.2) is 47.1 Å². The van der Waals surface area contributed by atoms with Crippen molar-refractivity contribution in [3.05, 3.63) is 59.5 Å². The summed E-state index contributed by atoms with van der Waals surface area (Å²) in [4.78, 5) is 26.2. The second-order valence-electron chi connectivity index (χ2n) is 6.46. The molecular formula is C19H23N3O3. The second kappa shape index (κ2) is 7.88. The fourth-order valence-corrected chi connectivity index (χ4v) is 2.91. The number of likely N-dealkylation sites (tertiary alicyclic amines) is 1. The summed E-state index contributed by atoms with van der Waals surface area (Å²) in [5, 5.41) is 5.74. The van der Waals surface area contributed by atoms with Crippen LogP contribution in [0.5, 0.6) is 0 Å². The molecule has 1 aromatic carbocycles. The molecule has 6 heteroatoms. The van der Waals surface area contributed by atoms with Gasteiger partial charge in [0.1, 0.15) is 5.76 Å². The van der Waals surface area contributed by atoms with Gasteiger partial charge in [-0.1, -0.05) is 19.1 Å². The van der Waals surface area contributed by atoms with Crippen molar-refractivity contribution < 1.29 is 14.0 Å². The Morgan fingerprint density at radius 2 is 2.08 bits per heavy atom. The zero-order chi connectivity index (χ0) is 17.6. The number of urea groups is 1. The zero-order valence-electron chi connectivity index (χ0n) is 14.3. The van der Waals surface area contributed by atoms with E-state index in [2.05, 4.69) is 17.6 Å². The Balaban J connectivity index is 1.52. The van der Waals surface area contributed by atoms with Gasteiger partial charge < -0.3 is 20.0 Å². The Bertz CT molecular complexity index is 727. The minimum Gasteiger partial charge on any atom is -0.467 e. The van der Waals surface area contributed by atoms with Crippen molar-refractivity contribution in [2.45, 2.75) is 26.4 Å². The number of carbonyl (C=O) groups is 2. The summed E-state index contributed by atoms with van der Waals surface area (Å²) < 4.78 is 5.20. The third-order valence-electron chi connectivity index (χ3n) is 4.35. The van der Waals surface area contributed by atoms with Crippen LogP contribution in [0, 0.1) is 5.92 Å². The average Bonchev–Trinajstić information content (AvgIpc) is 3.29. The molecule has 2 heterocycles. The van der Waals surface area contributed by atoms with E-state index in [1.165, 1.54) is 0 Å². The highest BCUT2D eigenvalue weighted by atomic mass is 16.3. The summed E-state index contributed by atoms with van der Waals surface area (Å²) in [7, 11) is 0. The molecule has 3 rings (SSSR count). The largest absolute Gasteiger partial charge is 0.467 e. The van der Waals surface area contributed by atoms with E-state index in [9.17, 15) is 9.59 Å². The highest BCUT2D eigenvalue weighted by Crippen LogP contribution is 2.15. The van der Waals surface area contributed by atoms with Crippen molar-refractivity contribution in [1.29, 1.82) is 0 Å². The molecule has 0 bridgehead atoms. The number of amides is 3. The first-order valence-electron chi connectivity index (χ1n) is 8.54. The third-order valence-corrected chi connectivity index (χ3v) is 4.35. The summed E-state index contributed by atoms with van der Waals surface area (Å²) in [6.07, 6.45) is 2.63. The van der Waals surface area contributed by atoms with Crippen LogP contribution in [0.4, 0.5) is 4.79 Å². The maximum Gasteiger partial charge on any atom is 0.317 e. The van der Waals surface area contributed by atoms with Crippen molar-refractivity contribution in [3.63, 3.8) is 0 Å². The molecule has 1 aromatic heterocycles. The highest BCUT2D eigenvalue weighted by molar-refractivity contribution is 5.94. The van der Waals surface area contributed by atoms with Gasteiger partial charge in [0.25, 0.3) is 5.91 Å².